The molecule has 4 aromatic rings. The summed E-state index contributed by atoms with van der Waals surface area (Å²) in [4.78, 5) is 0. The molecule has 0 spiro atoms. The van der Waals surface area contributed by atoms with Crippen LogP contribution in [0.5, 0.6) is 0 Å². The zero-order valence-corrected chi connectivity index (χ0v) is 16.8. The predicted molar refractivity (Wildman–Crippen MR) is 115 cm³/mol. The molecule has 0 radical (unpaired) electrons. The van der Waals surface area contributed by atoms with Gasteiger partial charge in [-0.1, -0.05) is 54.8 Å². The van der Waals surface area contributed by atoms with Gasteiger partial charge in [0.15, 0.2) is 0 Å². The van der Waals surface area contributed by atoms with Crippen LogP contribution in [0.1, 0.15) is 31.9 Å². The zero-order chi connectivity index (χ0) is 18.5. The minimum atomic E-state index is 0.145. The van der Waals surface area contributed by atoms with Crippen molar-refractivity contribution in [3.8, 4) is 18.0 Å². The summed E-state index contributed by atoms with van der Waals surface area (Å²) in [6, 6.07) is 21.5. The van der Waals surface area contributed by atoms with Gasteiger partial charge in [-0.05, 0) is 59.5 Å². The van der Waals surface area contributed by atoms with Crippen LogP contribution in [0, 0.1) is 12.3 Å². The second-order valence-corrected chi connectivity index (χ2v) is 8.59. The maximum absolute atomic E-state index is 5.62. The van der Waals surface area contributed by atoms with E-state index in [9.17, 15) is 0 Å². The van der Waals surface area contributed by atoms with Gasteiger partial charge in [-0.25, -0.2) is 0 Å². The summed E-state index contributed by atoms with van der Waals surface area (Å²) < 4.78 is 3.38. The lowest BCUT2D eigenvalue weighted by atomic mass is 9.87. The number of hydrogen-bond acceptors (Lipinski definition) is 0. The molecule has 0 saturated carbocycles. The van der Waals surface area contributed by atoms with Crippen LogP contribution in [0.4, 0.5) is 0 Å². The summed E-state index contributed by atoms with van der Waals surface area (Å²) in [5.74, 6) is 2.75. The Kier molecular flexibility index (Phi) is 3.93. The van der Waals surface area contributed by atoms with Gasteiger partial charge < -0.3 is 4.57 Å². The van der Waals surface area contributed by atoms with Gasteiger partial charge in [0.2, 0.25) is 0 Å². The average molecular weight is 402 g/mol. The zero-order valence-electron chi connectivity index (χ0n) is 15.2. The maximum atomic E-state index is 5.62. The molecule has 0 atom stereocenters. The largest absolute Gasteiger partial charge is 0.309 e. The first-order valence-electron chi connectivity index (χ1n) is 8.70. The van der Waals surface area contributed by atoms with Gasteiger partial charge >= 0.3 is 0 Å². The Bertz CT molecular complexity index is 1170. The van der Waals surface area contributed by atoms with Crippen molar-refractivity contribution in [3.05, 3.63) is 76.3 Å². The lowest BCUT2D eigenvalue weighted by Gasteiger charge is -2.19. The molecule has 26 heavy (non-hydrogen) atoms. The molecule has 1 aromatic heterocycles. The molecule has 0 fully saturated rings. The summed E-state index contributed by atoms with van der Waals surface area (Å²) in [5, 5.41) is 2.38. The molecule has 4 rings (SSSR count). The van der Waals surface area contributed by atoms with E-state index in [2.05, 4.69) is 102 Å². The molecular weight excluding hydrogens is 382 g/mol. The summed E-state index contributed by atoms with van der Waals surface area (Å²) in [6.45, 7) is 6.71. The van der Waals surface area contributed by atoms with Crippen molar-refractivity contribution in [2.45, 2.75) is 26.2 Å². The number of fused-ring (bicyclic) bond motifs is 3. The van der Waals surface area contributed by atoms with Crippen molar-refractivity contribution in [1.82, 2.24) is 4.57 Å². The van der Waals surface area contributed by atoms with Crippen LogP contribution in [0.15, 0.2) is 65.1 Å². The number of hydrogen-bond donors (Lipinski definition) is 0. The van der Waals surface area contributed by atoms with E-state index in [0.29, 0.717) is 0 Å². The standard InChI is InChI=1S/C24H20BrN/c1-5-16-6-12-22-20(14-16)21-15-18(25)9-13-23(21)26(22)19-10-7-17(8-11-19)24(2,3)4/h1,6-15H,2-4H3. The van der Waals surface area contributed by atoms with Crippen LogP contribution < -0.4 is 0 Å². The Balaban J connectivity index is 2.04. The van der Waals surface area contributed by atoms with Crippen molar-refractivity contribution in [2.24, 2.45) is 0 Å². The fourth-order valence-corrected chi connectivity index (χ4v) is 3.84. The molecule has 1 nitrogen and oxygen atoms in total. The fraction of sp³-hybridized carbons (Fsp3) is 0.167. The van der Waals surface area contributed by atoms with Crippen LogP contribution >= 0.6 is 15.9 Å². The van der Waals surface area contributed by atoms with Gasteiger partial charge in [-0.3, -0.25) is 0 Å². The van der Waals surface area contributed by atoms with E-state index < -0.39 is 0 Å². The number of halogens is 1. The molecule has 1 heterocycles. The second-order valence-electron chi connectivity index (χ2n) is 7.67. The molecule has 0 saturated heterocycles. The minimum Gasteiger partial charge on any atom is -0.309 e. The molecule has 2 heteroatoms. The molecule has 0 aliphatic rings. The molecule has 0 amide bonds. The Morgan fingerprint density at radius 1 is 0.846 bits per heavy atom. The van der Waals surface area contributed by atoms with E-state index in [1.54, 1.807) is 0 Å². The summed E-state index contributed by atoms with van der Waals surface area (Å²) in [7, 11) is 0. The smallest absolute Gasteiger partial charge is 0.0541 e. The highest BCUT2D eigenvalue weighted by atomic mass is 79.9. The van der Waals surface area contributed by atoms with Crippen molar-refractivity contribution in [3.63, 3.8) is 0 Å². The quantitative estimate of drug-likeness (QED) is 0.308. The van der Waals surface area contributed by atoms with Crippen molar-refractivity contribution in [1.29, 1.82) is 0 Å². The summed E-state index contributed by atoms with van der Waals surface area (Å²) in [6.07, 6.45) is 5.62. The van der Waals surface area contributed by atoms with Gasteiger partial charge in [-0.2, -0.15) is 0 Å². The highest BCUT2D eigenvalue weighted by molar-refractivity contribution is 9.10. The third kappa shape index (κ3) is 2.73. The van der Waals surface area contributed by atoms with Crippen LogP contribution in [-0.2, 0) is 5.41 Å². The molecule has 3 aromatic carbocycles. The molecule has 0 unspecified atom stereocenters. The first-order valence-corrected chi connectivity index (χ1v) is 9.49. The van der Waals surface area contributed by atoms with Crippen LogP contribution in [0.2, 0.25) is 0 Å². The summed E-state index contributed by atoms with van der Waals surface area (Å²) >= 11 is 3.60. The van der Waals surface area contributed by atoms with E-state index in [-0.39, 0.29) is 5.41 Å². The fourth-order valence-electron chi connectivity index (χ4n) is 3.47. The van der Waals surface area contributed by atoms with Crippen molar-refractivity contribution in [2.75, 3.05) is 0 Å². The monoisotopic (exact) mass is 401 g/mol. The first-order chi connectivity index (χ1) is 12.4. The Labute approximate surface area is 162 Å². The van der Waals surface area contributed by atoms with E-state index in [1.165, 1.54) is 27.4 Å². The number of terminal acetylenes is 1. The third-order valence-electron chi connectivity index (χ3n) is 4.89. The Morgan fingerprint density at radius 3 is 2.08 bits per heavy atom. The van der Waals surface area contributed by atoms with Gasteiger partial charge in [0.25, 0.3) is 0 Å². The van der Waals surface area contributed by atoms with Gasteiger partial charge in [0, 0.05) is 26.5 Å². The van der Waals surface area contributed by atoms with Gasteiger partial charge in [0.1, 0.15) is 0 Å². The lowest BCUT2D eigenvalue weighted by molar-refractivity contribution is 0.590. The minimum absolute atomic E-state index is 0.145. The molecule has 0 aliphatic carbocycles. The molecule has 128 valence electrons. The van der Waals surface area contributed by atoms with E-state index >= 15 is 0 Å². The average Bonchev–Trinajstić information content (AvgIpc) is 2.94. The Morgan fingerprint density at radius 2 is 1.46 bits per heavy atom. The number of nitrogens with zero attached hydrogens (tertiary/aromatic N) is 1. The molecular formula is C24H20BrN. The van der Waals surface area contributed by atoms with Crippen molar-refractivity contribution < 1.29 is 0 Å². The number of benzene rings is 3. The van der Waals surface area contributed by atoms with E-state index in [1.807, 2.05) is 6.07 Å². The first kappa shape index (κ1) is 16.9. The van der Waals surface area contributed by atoms with Gasteiger partial charge in [0.05, 0.1) is 11.0 Å². The lowest BCUT2D eigenvalue weighted by Crippen LogP contribution is -2.10. The van der Waals surface area contributed by atoms with Crippen LogP contribution in [0.3, 0.4) is 0 Å². The SMILES string of the molecule is C#Cc1ccc2c(c1)c1cc(Br)ccc1n2-c1ccc(C(C)(C)C)cc1. The highest BCUT2D eigenvalue weighted by Crippen LogP contribution is 2.34. The number of aromatic nitrogens is 1. The molecule has 0 bridgehead atoms. The van der Waals surface area contributed by atoms with Gasteiger partial charge in [-0.15, -0.1) is 6.42 Å². The highest BCUT2D eigenvalue weighted by Gasteiger charge is 2.16. The normalized spacial score (nSPS) is 11.8. The predicted octanol–water partition coefficient (Wildman–Crippen LogP) is 6.83. The summed E-state index contributed by atoms with van der Waals surface area (Å²) in [5.41, 5.74) is 5.89. The van der Waals surface area contributed by atoms with Crippen LogP contribution in [-0.4, -0.2) is 4.57 Å². The van der Waals surface area contributed by atoms with Crippen molar-refractivity contribution >= 4 is 37.7 Å². The second kappa shape index (κ2) is 6.04. The maximum Gasteiger partial charge on any atom is 0.0541 e. The van der Waals surface area contributed by atoms with E-state index in [0.717, 1.165) is 15.7 Å². The van der Waals surface area contributed by atoms with Crippen LogP contribution in [0.25, 0.3) is 27.5 Å². The topological polar surface area (TPSA) is 4.93 Å². The molecule has 0 aliphatic heterocycles. The number of rotatable bonds is 1. The third-order valence-corrected chi connectivity index (χ3v) is 5.38. The molecule has 0 N–H and O–H groups in total. The Hall–Kier alpha value is -2.50. The van der Waals surface area contributed by atoms with E-state index in [4.69, 9.17) is 6.42 Å².